The molecule has 0 atom stereocenters. The van der Waals surface area contributed by atoms with E-state index in [1.54, 1.807) is 0 Å². The summed E-state index contributed by atoms with van der Waals surface area (Å²) in [6, 6.07) is 0. The first-order valence-electron chi connectivity index (χ1n) is 9.94. The summed E-state index contributed by atoms with van der Waals surface area (Å²) >= 11 is 0. The van der Waals surface area contributed by atoms with E-state index in [1.165, 1.54) is 71.2 Å². The van der Waals surface area contributed by atoms with Gasteiger partial charge in [0.15, 0.2) is 5.96 Å². The van der Waals surface area contributed by atoms with E-state index in [0.29, 0.717) is 0 Å². The summed E-state index contributed by atoms with van der Waals surface area (Å²) in [6.07, 6.45) is 7.88. The minimum absolute atomic E-state index is 0. The number of halogens is 1. The fraction of sp³-hybridized carbons (Fsp3) is 0.947. The summed E-state index contributed by atoms with van der Waals surface area (Å²) in [5.74, 6) is 2.96. The predicted molar refractivity (Wildman–Crippen MR) is 115 cm³/mol. The zero-order valence-corrected chi connectivity index (χ0v) is 18.4. The number of unbranched alkanes of at least 4 members (excludes halogenated alkanes) is 1. The Kier molecular flexibility index (Phi) is 11.3. The summed E-state index contributed by atoms with van der Waals surface area (Å²) in [5.41, 5.74) is 0. The predicted octanol–water partition coefficient (Wildman–Crippen LogP) is 3.81. The van der Waals surface area contributed by atoms with Crippen molar-refractivity contribution < 1.29 is 0 Å². The standard InChI is InChI=1S/C19H38N4.HI/c1-4-20-19(23-15-9-18(3)10-16-23)21-11-5-6-12-22-13-7-17(2)8-14-22;/h17-18H,4-16H2,1-3H3,(H,20,21);1H. The van der Waals surface area contributed by atoms with Crippen molar-refractivity contribution in [1.82, 2.24) is 15.1 Å². The molecule has 0 bridgehead atoms. The van der Waals surface area contributed by atoms with Crippen molar-refractivity contribution in [1.29, 1.82) is 0 Å². The van der Waals surface area contributed by atoms with E-state index >= 15 is 0 Å². The summed E-state index contributed by atoms with van der Waals surface area (Å²) in [6.45, 7) is 15.1. The third kappa shape index (κ3) is 7.89. The Bertz CT molecular complexity index is 345. The molecule has 0 aromatic heterocycles. The number of hydrogen-bond donors (Lipinski definition) is 1. The van der Waals surface area contributed by atoms with Gasteiger partial charge in [-0.25, -0.2) is 0 Å². The SMILES string of the molecule is CCNC(=NCCCCN1CCC(C)CC1)N1CCC(C)CC1.I. The van der Waals surface area contributed by atoms with Crippen LogP contribution in [0.5, 0.6) is 0 Å². The van der Waals surface area contributed by atoms with Crippen LogP contribution in [0.2, 0.25) is 0 Å². The van der Waals surface area contributed by atoms with E-state index in [9.17, 15) is 0 Å². The number of likely N-dealkylation sites (tertiary alicyclic amines) is 2. The van der Waals surface area contributed by atoms with E-state index in [-0.39, 0.29) is 24.0 Å². The molecule has 1 N–H and O–H groups in total. The molecule has 0 radical (unpaired) electrons. The van der Waals surface area contributed by atoms with Crippen LogP contribution in [0.25, 0.3) is 0 Å². The van der Waals surface area contributed by atoms with Gasteiger partial charge in [-0.2, -0.15) is 0 Å². The lowest BCUT2D eigenvalue weighted by Crippen LogP contribution is -2.45. The second-order valence-corrected chi connectivity index (χ2v) is 7.64. The van der Waals surface area contributed by atoms with Crippen LogP contribution in [-0.4, -0.2) is 61.6 Å². The topological polar surface area (TPSA) is 30.9 Å². The average molecular weight is 450 g/mol. The summed E-state index contributed by atoms with van der Waals surface area (Å²) in [7, 11) is 0. The fourth-order valence-electron chi connectivity index (χ4n) is 3.56. The molecule has 142 valence electrons. The molecule has 5 heteroatoms. The van der Waals surface area contributed by atoms with Gasteiger partial charge < -0.3 is 15.1 Å². The van der Waals surface area contributed by atoms with Crippen LogP contribution >= 0.6 is 24.0 Å². The largest absolute Gasteiger partial charge is 0.357 e. The molecule has 0 unspecified atom stereocenters. The molecule has 0 saturated carbocycles. The fourth-order valence-corrected chi connectivity index (χ4v) is 3.56. The Balaban J connectivity index is 0.00000288. The lowest BCUT2D eigenvalue weighted by molar-refractivity contribution is 0.190. The van der Waals surface area contributed by atoms with Crippen LogP contribution in [-0.2, 0) is 0 Å². The molecular formula is C19H39IN4. The van der Waals surface area contributed by atoms with Crippen molar-refractivity contribution in [2.45, 2.75) is 59.3 Å². The second-order valence-electron chi connectivity index (χ2n) is 7.64. The Morgan fingerprint density at radius 2 is 1.54 bits per heavy atom. The maximum atomic E-state index is 4.87. The van der Waals surface area contributed by atoms with Crippen LogP contribution in [0, 0.1) is 11.8 Å². The van der Waals surface area contributed by atoms with Crippen LogP contribution < -0.4 is 5.32 Å². The monoisotopic (exact) mass is 450 g/mol. The number of nitrogens with zero attached hydrogens (tertiary/aromatic N) is 3. The van der Waals surface area contributed by atoms with Gasteiger partial charge in [-0.05, 0) is 76.9 Å². The zero-order chi connectivity index (χ0) is 16.5. The van der Waals surface area contributed by atoms with Gasteiger partial charge in [0.2, 0.25) is 0 Å². The molecule has 2 aliphatic heterocycles. The molecular weight excluding hydrogens is 411 g/mol. The molecule has 0 spiro atoms. The van der Waals surface area contributed by atoms with Gasteiger partial charge in [0.25, 0.3) is 0 Å². The van der Waals surface area contributed by atoms with Crippen molar-refractivity contribution in [3.8, 4) is 0 Å². The summed E-state index contributed by atoms with van der Waals surface area (Å²) in [4.78, 5) is 9.96. The first kappa shape index (κ1) is 22.0. The number of aliphatic imine (C=N–C) groups is 1. The Morgan fingerprint density at radius 1 is 0.958 bits per heavy atom. The van der Waals surface area contributed by atoms with Gasteiger partial charge in [-0.3, -0.25) is 4.99 Å². The summed E-state index contributed by atoms with van der Waals surface area (Å²) < 4.78 is 0. The highest BCUT2D eigenvalue weighted by molar-refractivity contribution is 14.0. The first-order chi connectivity index (χ1) is 11.2. The number of nitrogens with one attached hydrogen (secondary N) is 1. The smallest absolute Gasteiger partial charge is 0.193 e. The summed E-state index contributed by atoms with van der Waals surface area (Å²) in [5, 5.41) is 3.48. The molecule has 2 saturated heterocycles. The highest BCUT2D eigenvalue weighted by Gasteiger charge is 2.18. The molecule has 0 aromatic rings. The molecule has 0 aliphatic carbocycles. The third-order valence-electron chi connectivity index (χ3n) is 5.44. The van der Waals surface area contributed by atoms with Gasteiger partial charge in [0.05, 0.1) is 0 Å². The van der Waals surface area contributed by atoms with Crippen molar-refractivity contribution in [2.75, 3.05) is 45.8 Å². The average Bonchev–Trinajstić information content (AvgIpc) is 2.56. The van der Waals surface area contributed by atoms with E-state index in [1.807, 2.05) is 0 Å². The second kappa shape index (κ2) is 12.3. The minimum Gasteiger partial charge on any atom is -0.357 e. The van der Waals surface area contributed by atoms with Crippen molar-refractivity contribution >= 4 is 29.9 Å². The Hall–Kier alpha value is -0.0400. The molecule has 24 heavy (non-hydrogen) atoms. The minimum atomic E-state index is 0. The maximum Gasteiger partial charge on any atom is 0.193 e. The molecule has 2 heterocycles. The van der Waals surface area contributed by atoms with Gasteiger partial charge >= 0.3 is 0 Å². The lowest BCUT2D eigenvalue weighted by atomic mass is 9.99. The Labute approximate surface area is 166 Å². The van der Waals surface area contributed by atoms with E-state index in [4.69, 9.17) is 4.99 Å². The first-order valence-corrected chi connectivity index (χ1v) is 9.94. The quantitative estimate of drug-likeness (QED) is 0.289. The number of piperidine rings is 2. The highest BCUT2D eigenvalue weighted by Crippen LogP contribution is 2.17. The van der Waals surface area contributed by atoms with Gasteiger partial charge in [0, 0.05) is 26.2 Å². The zero-order valence-electron chi connectivity index (χ0n) is 16.1. The van der Waals surface area contributed by atoms with Crippen LogP contribution in [0.15, 0.2) is 4.99 Å². The molecule has 2 aliphatic rings. The maximum absolute atomic E-state index is 4.87. The van der Waals surface area contributed by atoms with Gasteiger partial charge in [-0.15, -0.1) is 24.0 Å². The van der Waals surface area contributed by atoms with Gasteiger partial charge in [-0.1, -0.05) is 13.8 Å². The number of guanidine groups is 1. The molecule has 0 aromatic carbocycles. The molecule has 2 rings (SSSR count). The number of rotatable bonds is 6. The molecule has 4 nitrogen and oxygen atoms in total. The van der Waals surface area contributed by atoms with E-state index < -0.39 is 0 Å². The highest BCUT2D eigenvalue weighted by atomic mass is 127. The van der Waals surface area contributed by atoms with E-state index in [2.05, 4.69) is 35.9 Å². The lowest BCUT2D eigenvalue weighted by Gasteiger charge is -2.33. The van der Waals surface area contributed by atoms with E-state index in [0.717, 1.165) is 30.9 Å². The van der Waals surface area contributed by atoms with Crippen LogP contribution in [0.4, 0.5) is 0 Å². The third-order valence-corrected chi connectivity index (χ3v) is 5.44. The molecule has 0 amide bonds. The van der Waals surface area contributed by atoms with Crippen molar-refractivity contribution in [2.24, 2.45) is 16.8 Å². The van der Waals surface area contributed by atoms with Crippen LogP contribution in [0.3, 0.4) is 0 Å². The molecule has 2 fully saturated rings. The normalized spacial score (nSPS) is 21.6. The van der Waals surface area contributed by atoms with Crippen molar-refractivity contribution in [3.05, 3.63) is 0 Å². The Morgan fingerprint density at radius 3 is 2.12 bits per heavy atom. The number of hydrogen-bond acceptors (Lipinski definition) is 2. The van der Waals surface area contributed by atoms with Crippen LogP contribution in [0.1, 0.15) is 59.3 Å². The van der Waals surface area contributed by atoms with Crippen molar-refractivity contribution in [3.63, 3.8) is 0 Å². The van der Waals surface area contributed by atoms with Gasteiger partial charge in [0.1, 0.15) is 0 Å².